The molecule has 0 radical (unpaired) electrons. The van der Waals surface area contributed by atoms with Gasteiger partial charge in [-0.25, -0.2) is 0 Å². The van der Waals surface area contributed by atoms with Gasteiger partial charge in [-0.1, -0.05) is 40.9 Å². The Morgan fingerprint density at radius 3 is 2.35 bits per heavy atom. The molecule has 0 saturated carbocycles. The number of nitrogens with one attached hydrogen (secondary N) is 1. The lowest BCUT2D eigenvalue weighted by molar-refractivity contribution is -0.137. The lowest BCUT2D eigenvalue weighted by atomic mass is 9.92. The number of aliphatic hydroxyl groups excluding tert-OH is 1. The molecule has 2 saturated heterocycles. The summed E-state index contributed by atoms with van der Waals surface area (Å²) in [6, 6.07) is 11.5. The summed E-state index contributed by atoms with van der Waals surface area (Å²) in [6.45, 7) is 5.48. The van der Waals surface area contributed by atoms with Gasteiger partial charge < -0.3 is 20.2 Å². The summed E-state index contributed by atoms with van der Waals surface area (Å²) in [7, 11) is 0. The van der Waals surface area contributed by atoms with Crippen LogP contribution in [0.1, 0.15) is 44.2 Å². The van der Waals surface area contributed by atoms with Crippen molar-refractivity contribution in [2.24, 2.45) is 11.8 Å². The maximum absolute atomic E-state index is 13.0. The highest BCUT2D eigenvalue weighted by Crippen LogP contribution is 2.34. The Kier molecular flexibility index (Phi) is 8.52. The lowest BCUT2D eigenvalue weighted by Crippen LogP contribution is -2.45. The van der Waals surface area contributed by atoms with Crippen LogP contribution in [0.3, 0.4) is 0 Å². The van der Waals surface area contributed by atoms with Crippen molar-refractivity contribution in [1.29, 1.82) is 0 Å². The largest absolute Gasteiger partial charge is 0.396 e. The number of piperidine rings is 2. The molecule has 0 spiro atoms. The molecule has 4 rings (SSSR count). The van der Waals surface area contributed by atoms with Crippen molar-refractivity contribution in [3.8, 4) is 0 Å². The molecule has 0 unspecified atom stereocenters. The van der Waals surface area contributed by atoms with Crippen molar-refractivity contribution in [3.63, 3.8) is 0 Å². The predicted octanol–water partition coefficient (Wildman–Crippen LogP) is 6.27. The molecular weight excluding hydrogens is 493 g/mol. The number of rotatable bonds is 6. The van der Waals surface area contributed by atoms with Crippen molar-refractivity contribution >= 4 is 52.1 Å². The Hall–Kier alpha value is -1.66. The summed E-state index contributed by atoms with van der Waals surface area (Å²) >= 11 is 18.9. The third-order valence-electron chi connectivity index (χ3n) is 7.14. The highest BCUT2D eigenvalue weighted by Gasteiger charge is 2.31. The number of halogens is 3. The zero-order valence-electron chi connectivity index (χ0n) is 19.4. The van der Waals surface area contributed by atoms with Gasteiger partial charge in [0.05, 0.1) is 16.8 Å². The molecule has 0 bridgehead atoms. The first kappa shape index (κ1) is 25.4. The van der Waals surface area contributed by atoms with Gasteiger partial charge in [-0.2, -0.15) is 0 Å². The number of hydrogen-bond acceptors (Lipinski definition) is 4. The number of amides is 1. The van der Waals surface area contributed by atoms with E-state index in [0.717, 1.165) is 68.8 Å². The Bertz CT molecular complexity index is 1000. The first-order valence-electron chi connectivity index (χ1n) is 12.0. The molecule has 1 atom stereocenters. The number of carbonyl (C=O) groups is 1. The van der Waals surface area contributed by atoms with E-state index in [1.807, 2.05) is 36.1 Å². The van der Waals surface area contributed by atoms with Crippen LogP contribution in [0.5, 0.6) is 0 Å². The van der Waals surface area contributed by atoms with Gasteiger partial charge in [0.15, 0.2) is 0 Å². The summed E-state index contributed by atoms with van der Waals surface area (Å²) in [4.78, 5) is 17.3. The van der Waals surface area contributed by atoms with Crippen LogP contribution in [-0.4, -0.2) is 48.7 Å². The highest BCUT2D eigenvalue weighted by molar-refractivity contribution is 6.35. The average molecular weight is 525 g/mol. The number of likely N-dealkylation sites (tertiary alicyclic amines) is 1. The Morgan fingerprint density at radius 2 is 1.71 bits per heavy atom. The Morgan fingerprint density at radius 1 is 1.00 bits per heavy atom. The lowest BCUT2D eigenvalue weighted by Gasteiger charge is -2.38. The predicted molar refractivity (Wildman–Crippen MR) is 141 cm³/mol. The second-order valence-electron chi connectivity index (χ2n) is 9.41. The van der Waals surface area contributed by atoms with Gasteiger partial charge in [0.25, 0.3) is 0 Å². The summed E-state index contributed by atoms with van der Waals surface area (Å²) in [6.07, 6.45) is 3.50. The number of aliphatic hydroxyl groups is 1. The first-order valence-corrected chi connectivity index (χ1v) is 13.1. The van der Waals surface area contributed by atoms with Crippen LogP contribution in [0.25, 0.3) is 0 Å². The molecule has 1 amide bonds. The second kappa shape index (κ2) is 11.4. The van der Waals surface area contributed by atoms with Crippen LogP contribution in [0.15, 0.2) is 36.4 Å². The third-order valence-corrected chi connectivity index (χ3v) is 8.04. The van der Waals surface area contributed by atoms with Gasteiger partial charge in [-0.05, 0) is 74.4 Å². The summed E-state index contributed by atoms with van der Waals surface area (Å²) in [5, 5.41) is 14.7. The van der Waals surface area contributed by atoms with Crippen molar-refractivity contribution in [2.75, 3.05) is 43.0 Å². The van der Waals surface area contributed by atoms with Gasteiger partial charge in [-0.15, -0.1) is 0 Å². The smallest absolute Gasteiger partial charge is 0.225 e. The third kappa shape index (κ3) is 5.93. The summed E-state index contributed by atoms with van der Waals surface area (Å²) < 4.78 is 0. The quantitative estimate of drug-likeness (QED) is 0.468. The van der Waals surface area contributed by atoms with E-state index in [9.17, 15) is 9.90 Å². The molecular formula is C26H32Cl3N3O2. The fourth-order valence-electron chi connectivity index (χ4n) is 4.96. The molecule has 2 N–H and O–H groups in total. The van der Waals surface area contributed by atoms with Gasteiger partial charge in [0.1, 0.15) is 0 Å². The summed E-state index contributed by atoms with van der Waals surface area (Å²) in [5.41, 5.74) is 2.90. The molecule has 2 aromatic carbocycles. The number of benzene rings is 2. The van der Waals surface area contributed by atoms with Crippen LogP contribution < -0.4 is 10.2 Å². The van der Waals surface area contributed by atoms with E-state index in [4.69, 9.17) is 34.8 Å². The van der Waals surface area contributed by atoms with E-state index < -0.39 is 0 Å². The summed E-state index contributed by atoms with van der Waals surface area (Å²) in [5.74, 6) is 0.708. The number of carbonyl (C=O) groups excluding carboxylic acids is 1. The number of nitrogens with zero attached hydrogens (tertiary/aromatic N) is 2. The highest BCUT2D eigenvalue weighted by atomic mass is 35.5. The molecule has 2 heterocycles. The fourth-order valence-corrected chi connectivity index (χ4v) is 5.71. The van der Waals surface area contributed by atoms with Gasteiger partial charge in [-0.3, -0.25) is 4.79 Å². The fraction of sp³-hybridized carbons (Fsp3) is 0.500. The Balaban J connectivity index is 1.36. The van der Waals surface area contributed by atoms with Crippen molar-refractivity contribution < 1.29 is 9.90 Å². The standard InChI is InChI=1S/C26H32Cl3N3O2/c1-17(22-4-2-20(27)14-24(22)29)30-25-15-21(3-5-23(25)28)31-12-8-19(9-13-31)26(34)32-10-6-18(16-33)7-11-32/h2-5,14-15,17-19,30,33H,6-13,16H2,1H3/t17-/m1/s1. The van der Waals surface area contributed by atoms with Gasteiger partial charge >= 0.3 is 0 Å². The molecule has 0 aliphatic carbocycles. The molecule has 2 fully saturated rings. The van der Waals surface area contributed by atoms with E-state index in [-0.39, 0.29) is 24.5 Å². The SMILES string of the molecule is C[C@@H](Nc1cc(N2CCC(C(=O)N3CCC(CO)CC3)CC2)ccc1Cl)c1ccc(Cl)cc1Cl. The topological polar surface area (TPSA) is 55.8 Å². The minimum Gasteiger partial charge on any atom is -0.396 e. The Labute approximate surface area is 217 Å². The zero-order valence-corrected chi connectivity index (χ0v) is 21.7. The normalized spacial score (nSPS) is 18.7. The van der Waals surface area contributed by atoms with Crippen LogP contribution in [0, 0.1) is 11.8 Å². The van der Waals surface area contributed by atoms with Gasteiger partial charge in [0.2, 0.25) is 5.91 Å². The molecule has 2 aliphatic rings. The minimum atomic E-state index is -0.0455. The van der Waals surface area contributed by atoms with E-state index in [2.05, 4.69) is 16.3 Å². The van der Waals surface area contributed by atoms with Crippen LogP contribution >= 0.6 is 34.8 Å². The zero-order chi connectivity index (χ0) is 24.2. The van der Waals surface area contributed by atoms with E-state index in [0.29, 0.717) is 21.0 Å². The van der Waals surface area contributed by atoms with E-state index in [1.165, 1.54) is 0 Å². The van der Waals surface area contributed by atoms with Crippen LogP contribution in [0.2, 0.25) is 15.1 Å². The molecule has 2 aromatic rings. The van der Waals surface area contributed by atoms with Crippen molar-refractivity contribution in [1.82, 2.24) is 4.90 Å². The van der Waals surface area contributed by atoms with E-state index >= 15 is 0 Å². The monoisotopic (exact) mass is 523 g/mol. The molecule has 2 aliphatic heterocycles. The van der Waals surface area contributed by atoms with Gasteiger partial charge in [0, 0.05) is 54.4 Å². The molecule has 184 valence electrons. The molecule has 5 nitrogen and oxygen atoms in total. The second-order valence-corrected chi connectivity index (χ2v) is 10.7. The first-order chi connectivity index (χ1) is 16.4. The average Bonchev–Trinajstić information content (AvgIpc) is 2.85. The number of hydrogen-bond donors (Lipinski definition) is 2. The molecule has 34 heavy (non-hydrogen) atoms. The van der Waals surface area contributed by atoms with Crippen molar-refractivity contribution in [3.05, 3.63) is 57.0 Å². The maximum atomic E-state index is 13.0. The number of anilines is 2. The maximum Gasteiger partial charge on any atom is 0.225 e. The molecule has 8 heteroatoms. The van der Waals surface area contributed by atoms with Crippen LogP contribution in [0.4, 0.5) is 11.4 Å². The van der Waals surface area contributed by atoms with Crippen molar-refractivity contribution in [2.45, 2.75) is 38.6 Å². The molecule has 0 aromatic heterocycles. The van der Waals surface area contributed by atoms with Crippen LogP contribution in [-0.2, 0) is 4.79 Å². The minimum absolute atomic E-state index is 0.0455. The van der Waals surface area contributed by atoms with E-state index in [1.54, 1.807) is 6.07 Å².